The normalized spacial score (nSPS) is 12.9. The van der Waals surface area contributed by atoms with Gasteiger partial charge in [-0.3, -0.25) is 13.6 Å². The van der Waals surface area contributed by atoms with Crippen molar-refractivity contribution in [1.29, 1.82) is 0 Å². The van der Waals surface area contributed by atoms with Crippen LogP contribution in [0.15, 0.2) is 39.1 Å². The minimum absolute atomic E-state index is 0.204. The molecule has 0 aliphatic heterocycles. The summed E-state index contributed by atoms with van der Waals surface area (Å²) in [7, 11) is -14.1. The van der Waals surface area contributed by atoms with Crippen LogP contribution in [0.3, 0.4) is 0 Å². The number of rotatable bonds is 13. The molecule has 0 unspecified atom stereocenters. The summed E-state index contributed by atoms with van der Waals surface area (Å²) in [6.07, 6.45) is -1.42. The Morgan fingerprint density at radius 2 is 1.36 bits per heavy atom. The van der Waals surface area contributed by atoms with E-state index in [0.29, 0.717) is 0 Å². The van der Waals surface area contributed by atoms with Gasteiger partial charge in [0, 0.05) is 0 Å². The molecule has 33 heavy (non-hydrogen) atoms. The van der Waals surface area contributed by atoms with E-state index >= 15 is 0 Å². The zero-order valence-electron chi connectivity index (χ0n) is 19.7. The van der Waals surface area contributed by atoms with Crippen LogP contribution in [0.5, 0.6) is 0 Å². The number of hydrogen-bond donors (Lipinski definition) is 0. The van der Waals surface area contributed by atoms with Crippen molar-refractivity contribution in [2.75, 3.05) is 13.2 Å². The van der Waals surface area contributed by atoms with Gasteiger partial charge < -0.3 is 9.05 Å². The van der Waals surface area contributed by atoms with E-state index < -0.39 is 47.5 Å². The number of halogens is 2. The third-order valence-electron chi connectivity index (χ3n) is 3.66. The predicted octanol–water partition coefficient (Wildman–Crippen LogP) is 6.81. The Hall–Kier alpha value is -0.410. The third kappa shape index (κ3) is 7.79. The fraction of sp³-hybridized carbons (Fsp3) is 0.579. The number of benzene rings is 1. The molecule has 0 aromatic heterocycles. The van der Waals surface area contributed by atoms with Gasteiger partial charge in [0.2, 0.25) is 0 Å². The van der Waals surface area contributed by atoms with Crippen LogP contribution in [0.1, 0.15) is 47.1 Å². The molecule has 0 heterocycles. The number of aryl methyl sites for hydroxylation is 1. The van der Waals surface area contributed by atoms with Gasteiger partial charge in [0.1, 0.15) is 4.49 Å². The molecule has 0 fully saturated rings. The Balaban J connectivity index is 4.06. The molecule has 190 valence electrons. The quantitative estimate of drug-likeness (QED) is 0.240. The first-order valence-electron chi connectivity index (χ1n) is 10.2. The first kappa shape index (κ1) is 30.6. The summed E-state index contributed by atoms with van der Waals surface area (Å²) in [5, 5.41) is 0. The third-order valence-corrected chi connectivity index (χ3v) is 11.5. The van der Waals surface area contributed by atoms with Gasteiger partial charge in [-0.25, -0.2) is 13.0 Å². The van der Waals surface area contributed by atoms with Crippen molar-refractivity contribution in [3.8, 4) is 0 Å². The van der Waals surface area contributed by atoms with Crippen molar-refractivity contribution in [3.05, 3.63) is 39.8 Å². The SMILES string of the molecule is CCOP(=O)(OCC)N(C(=C(Cl)Cl)P(=O)(OC(C)C)OC(C)C)S(=O)(=O)c1ccc(C)cc1. The van der Waals surface area contributed by atoms with Crippen molar-refractivity contribution in [3.63, 3.8) is 0 Å². The van der Waals surface area contributed by atoms with Crippen molar-refractivity contribution in [2.45, 2.75) is 65.6 Å². The molecule has 0 radical (unpaired) electrons. The standard InChI is InChI=1S/C19H31Cl2NO8P2S/c1-8-27-32(24,28-9-2)22(33(25,26)17-12-10-16(7)11-13-17)19(18(20)21)31(23,29-14(3)4)30-15(5)6/h10-15H,8-9H2,1-7H3. The van der Waals surface area contributed by atoms with Crippen LogP contribution in [0.4, 0.5) is 0 Å². The van der Waals surface area contributed by atoms with Crippen LogP contribution in [-0.2, 0) is 37.2 Å². The molecule has 0 amide bonds. The van der Waals surface area contributed by atoms with Gasteiger partial charge in [0.05, 0.1) is 30.3 Å². The lowest BCUT2D eigenvalue weighted by Gasteiger charge is -2.35. The molecule has 0 saturated carbocycles. The number of hydrogen-bond acceptors (Lipinski definition) is 8. The smallest absolute Gasteiger partial charge is 0.301 e. The van der Waals surface area contributed by atoms with Gasteiger partial charge in [0.15, 0.2) is 5.44 Å². The van der Waals surface area contributed by atoms with Gasteiger partial charge in [-0.15, -0.1) is 0 Å². The second-order valence-corrected chi connectivity index (χ2v) is 14.0. The average Bonchev–Trinajstić information content (AvgIpc) is 2.64. The topological polar surface area (TPSA) is 108 Å². The van der Waals surface area contributed by atoms with Crippen LogP contribution in [0.2, 0.25) is 0 Å². The van der Waals surface area contributed by atoms with E-state index in [0.717, 1.165) is 5.56 Å². The molecular weight excluding hydrogens is 535 g/mol. The largest absolute Gasteiger partial charge is 0.449 e. The summed E-state index contributed by atoms with van der Waals surface area (Å²) in [5.41, 5.74) is -0.0829. The van der Waals surface area contributed by atoms with Gasteiger partial charge in [-0.2, -0.15) is 4.08 Å². The highest BCUT2D eigenvalue weighted by atomic mass is 35.5. The van der Waals surface area contributed by atoms with Gasteiger partial charge in [-0.1, -0.05) is 40.9 Å². The molecule has 0 saturated heterocycles. The first-order valence-corrected chi connectivity index (χ1v) is 15.4. The average molecular weight is 566 g/mol. The highest BCUT2D eigenvalue weighted by Crippen LogP contribution is 2.69. The van der Waals surface area contributed by atoms with Crippen LogP contribution in [0.25, 0.3) is 0 Å². The lowest BCUT2D eigenvalue weighted by molar-refractivity contribution is 0.142. The molecule has 0 N–H and O–H groups in total. The zero-order valence-corrected chi connectivity index (χ0v) is 23.8. The van der Waals surface area contributed by atoms with E-state index in [4.69, 9.17) is 41.3 Å². The maximum atomic E-state index is 14.0. The van der Waals surface area contributed by atoms with Crippen molar-refractivity contribution >= 4 is 48.6 Å². The monoisotopic (exact) mass is 565 g/mol. The van der Waals surface area contributed by atoms with E-state index in [-0.39, 0.29) is 22.2 Å². The molecule has 1 aromatic rings. The maximum Gasteiger partial charge on any atom is 0.449 e. The summed E-state index contributed by atoms with van der Waals surface area (Å²) >= 11 is 12.2. The second-order valence-electron chi connectivity index (χ2n) is 7.25. The van der Waals surface area contributed by atoms with E-state index in [1.165, 1.54) is 38.1 Å². The predicted molar refractivity (Wildman–Crippen MR) is 130 cm³/mol. The molecule has 9 nitrogen and oxygen atoms in total. The molecule has 0 bridgehead atoms. The van der Waals surface area contributed by atoms with Gasteiger partial charge in [-0.05, 0) is 60.6 Å². The van der Waals surface area contributed by atoms with Crippen LogP contribution >= 0.6 is 38.5 Å². The van der Waals surface area contributed by atoms with E-state index in [1.807, 2.05) is 0 Å². The Kier molecular flexibility index (Phi) is 11.6. The fourth-order valence-corrected chi connectivity index (χ4v) is 10.6. The van der Waals surface area contributed by atoms with E-state index in [1.54, 1.807) is 34.6 Å². The summed E-state index contributed by atoms with van der Waals surface area (Å²) in [6.45, 7) is 10.6. The molecule has 0 aliphatic rings. The van der Waals surface area contributed by atoms with Gasteiger partial charge in [0.25, 0.3) is 10.0 Å². The van der Waals surface area contributed by atoms with E-state index in [9.17, 15) is 17.5 Å². The van der Waals surface area contributed by atoms with Gasteiger partial charge >= 0.3 is 15.3 Å². The minimum atomic E-state index is -4.76. The van der Waals surface area contributed by atoms with Crippen LogP contribution in [0, 0.1) is 6.92 Å². The van der Waals surface area contributed by atoms with Crippen molar-refractivity contribution in [1.82, 2.24) is 4.08 Å². The molecule has 1 rings (SSSR count). The lowest BCUT2D eigenvalue weighted by Crippen LogP contribution is -2.31. The van der Waals surface area contributed by atoms with Crippen LogP contribution < -0.4 is 0 Å². The number of nitrogens with zero attached hydrogens (tertiary/aromatic N) is 1. The fourth-order valence-electron chi connectivity index (χ4n) is 2.60. The summed E-state index contributed by atoms with van der Waals surface area (Å²) in [5.74, 6) is 0. The van der Waals surface area contributed by atoms with Crippen LogP contribution in [-0.4, -0.2) is 37.9 Å². The van der Waals surface area contributed by atoms with Crippen molar-refractivity contribution in [2.24, 2.45) is 0 Å². The highest BCUT2D eigenvalue weighted by molar-refractivity contribution is 7.95. The molecule has 0 aliphatic carbocycles. The highest BCUT2D eigenvalue weighted by Gasteiger charge is 2.53. The van der Waals surface area contributed by atoms with Crippen molar-refractivity contribution < 1.29 is 35.6 Å². The summed E-state index contributed by atoms with van der Waals surface area (Å²) < 4.78 is 76.6. The molecule has 14 heteroatoms. The van der Waals surface area contributed by atoms with E-state index in [2.05, 4.69) is 0 Å². The number of sulfonamides is 1. The molecule has 0 spiro atoms. The minimum Gasteiger partial charge on any atom is -0.301 e. The lowest BCUT2D eigenvalue weighted by atomic mass is 10.2. The Labute approximate surface area is 206 Å². The zero-order chi connectivity index (χ0) is 25.6. The summed E-state index contributed by atoms with van der Waals surface area (Å²) in [6, 6.07) is 5.66. The second kappa shape index (κ2) is 12.5. The molecular formula is C19H31Cl2NO8P2S. The Morgan fingerprint density at radius 1 is 0.939 bits per heavy atom. The molecule has 0 atom stereocenters. The Bertz CT molecular complexity index is 1000. The maximum absolute atomic E-state index is 14.0. The Morgan fingerprint density at radius 3 is 1.70 bits per heavy atom. The first-order chi connectivity index (χ1) is 15.1. The molecule has 1 aromatic carbocycles. The summed E-state index contributed by atoms with van der Waals surface area (Å²) in [4.78, 5) is -0.291.